The average Bonchev–Trinajstić information content (AvgIpc) is 2.41. The SMILES string of the molecule is CCOC(=O)CC1=C(O)c2c(C)cccc2N(C)C1O. The Morgan fingerprint density at radius 3 is 2.80 bits per heavy atom. The maximum absolute atomic E-state index is 11.6. The number of hydrogen-bond donors (Lipinski definition) is 2. The van der Waals surface area contributed by atoms with Crippen LogP contribution in [0.3, 0.4) is 0 Å². The van der Waals surface area contributed by atoms with Crippen molar-refractivity contribution in [1.82, 2.24) is 0 Å². The maximum atomic E-state index is 11.6. The Balaban J connectivity index is 2.47. The Hall–Kier alpha value is -2.01. The van der Waals surface area contributed by atoms with Crippen LogP contribution in [-0.2, 0) is 9.53 Å². The van der Waals surface area contributed by atoms with Gasteiger partial charge in [0.05, 0.1) is 13.0 Å². The van der Waals surface area contributed by atoms with Crippen molar-refractivity contribution in [3.63, 3.8) is 0 Å². The number of ether oxygens (including phenoxy) is 1. The van der Waals surface area contributed by atoms with Crippen LogP contribution in [0.5, 0.6) is 0 Å². The van der Waals surface area contributed by atoms with Crippen molar-refractivity contribution < 1.29 is 19.7 Å². The zero-order chi connectivity index (χ0) is 14.9. The molecule has 1 atom stereocenters. The van der Waals surface area contributed by atoms with Gasteiger partial charge in [-0.3, -0.25) is 4.79 Å². The molecule has 2 N–H and O–H groups in total. The predicted octanol–water partition coefficient (Wildman–Crippen LogP) is 1.99. The number of aryl methyl sites for hydroxylation is 1. The van der Waals surface area contributed by atoms with Gasteiger partial charge in [-0.1, -0.05) is 12.1 Å². The van der Waals surface area contributed by atoms with Gasteiger partial charge in [0.1, 0.15) is 5.76 Å². The van der Waals surface area contributed by atoms with Crippen molar-refractivity contribution in [2.45, 2.75) is 26.5 Å². The molecule has 1 aromatic rings. The second-order valence-corrected chi connectivity index (χ2v) is 4.81. The van der Waals surface area contributed by atoms with Crippen molar-refractivity contribution in [2.24, 2.45) is 0 Å². The number of esters is 1. The van der Waals surface area contributed by atoms with Gasteiger partial charge in [0, 0.05) is 23.9 Å². The lowest BCUT2D eigenvalue weighted by atomic mass is 9.94. The first-order chi connectivity index (χ1) is 9.47. The van der Waals surface area contributed by atoms with Crippen molar-refractivity contribution in [1.29, 1.82) is 0 Å². The van der Waals surface area contributed by atoms with Crippen LogP contribution in [-0.4, -0.2) is 36.1 Å². The van der Waals surface area contributed by atoms with Crippen LogP contribution < -0.4 is 4.90 Å². The van der Waals surface area contributed by atoms with Gasteiger partial charge in [-0.2, -0.15) is 0 Å². The summed E-state index contributed by atoms with van der Waals surface area (Å²) in [6, 6.07) is 5.56. The number of hydrogen-bond acceptors (Lipinski definition) is 5. The first kappa shape index (κ1) is 14.4. The van der Waals surface area contributed by atoms with Gasteiger partial charge in [-0.25, -0.2) is 0 Å². The number of anilines is 1. The zero-order valence-electron chi connectivity index (χ0n) is 11.9. The highest BCUT2D eigenvalue weighted by molar-refractivity contribution is 5.84. The number of carbonyl (C=O) groups is 1. The largest absolute Gasteiger partial charge is 0.507 e. The van der Waals surface area contributed by atoms with Gasteiger partial charge >= 0.3 is 5.97 Å². The third kappa shape index (κ3) is 2.36. The number of aliphatic hydroxyl groups is 2. The van der Waals surface area contributed by atoms with Crippen LogP contribution in [0.25, 0.3) is 5.76 Å². The summed E-state index contributed by atoms with van der Waals surface area (Å²) in [4.78, 5) is 13.2. The van der Waals surface area contributed by atoms with E-state index in [2.05, 4.69) is 0 Å². The van der Waals surface area contributed by atoms with E-state index in [1.807, 2.05) is 25.1 Å². The van der Waals surface area contributed by atoms with Crippen LogP contribution in [0, 0.1) is 6.92 Å². The van der Waals surface area contributed by atoms with E-state index in [-0.39, 0.29) is 24.4 Å². The number of likely N-dealkylation sites (N-methyl/N-ethyl adjacent to an activating group) is 1. The number of nitrogens with zero attached hydrogens (tertiary/aromatic N) is 1. The van der Waals surface area contributed by atoms with E-state index >= 15 is 0 Å². The van der Waals surface area contributed by atoms with Crippen LogP contribution in [0.2, 0.25) is 0 Å². The quantitative estimate of drug-likeness (QED) is 0.827. The first-order valence-corrected chi connectivity index (χ1v) is 6.55. The normalized spacial score (nSPS) is 18.0. The summed E-state index contributed by atoms with van der Waals surface area (Å²) in [5.41, 5.74) is 2.55. The molecule has 0 saturated carbocycles. The van der Waals surface area contributed by atoms with E-state index < -0.39 is 12.2 Å². The molecule has 1 aliphatic heterocycles. The maximum Gasteiger partial charge on any atom is 0.310 e. The molecule has 1 unspecified atom stereocenters. The van der Waals surface area contributed by atoms with E-state index in [0.717, 1.165) is 11.3 Å². The lowest BCUT2D eigenvalue weighted by molar-refractivity contribution is -0.142. The van der Waals surface area contributed by atoms with Crippen LogP contribution in [0.1, 0.15) is 24.5 Å². The molecule has 1 aromatic carbocycles. The third-order valence-corrected chi connectivity index (χ3v) is 3.49. The molecule has 0 saturated heterocycles. The van der Waals surface area contributed by atoms with Crippen LogP contribution in [0.4, 0.5) is 5.69 Å². The van der Waals surface area contributed by atoms with Gasteiger partial charge in [0.25, 0.3) is 0 Å². The minimum Gasteiger partial charge on any atom is -0.507 e. The van der Waals surface area contributed by atoms with E-state index in [0.29, 0.717) is 5.56 Å². The summed E-state index contributed by atoms with van der Waals surface area (Å²) in [5, 5.41) is 20.7. The Morgan fingerprint density at radius 1 is 1.45 bits per heavy atom. The molecule has 2 rings (SSSR count). The lowest BCUT2D eigenvalue weighted by Gasteiger charge is -2.34. The highest BCUT2D eigenvalue weighted by atomic mass is 16.5. The molecule has 0 aromatic heterocycles. The molecule has 0 radical (unpaired) electrons. The molecule has 0 spiro atoms. The predicted molar refractivity (Wildman–Crippen MR) is 76.4 cm³/mol. The highest BCUT2D eigenvalue weighted by Gasteiger charge is 2.32. The molecular weight excluding hydrogens is 258 g/mol. The van der Waals surface area contributed by atoms with Crippen molar-refractivity contribution >= 4 is 17.4 Å². The van der Waals surface area contributed by atoms with Gasteiger partial charge in [-0.15, -0.1) is 0 Å². The first-order valence-electron chi connectivity index (χ1n) is 6.55. The Morgan fingerprint density at radius 2 is 2.15 bits per heavy atom. The van der Waals surface area contributed by atoms with Gasteiger partial charge < -0.3 is 19.8 Å². The van der Waals surface area contributed by atoms with Crippen molar-refractivity contribution in [3.05, 3.63) is 34.9 Å². The fourth-order valence-corrected chi connectivity index (χ4v) is 2.45. The topological polar surface area (TPSA) is 70.0 Å². The highest BCUT2D eigenvalue weighted by Crippen LogP contribution is 2.38. The molecule has 108 valence electrons. The summed E-state index contributed by atoms with van der Waals surface area (Å²) in [6.07, 6.45) is -1.16. The fourth-order valence-electron chi connectivity index (χ4n) is 2.45. The van der Waals surface area contributed by atoms with Crippen LogP contribution >= 0.6 is 0 Å². The number of aliphatic hydroxyl groups excluding tert-OH is 2. The summed E-state index contributed by atoms with van der Waals surface area (Å²) in [7, 11) is 1.72. The molecule has 1 aliphatic rings. The fraction of sp³-hybridized carbons (Fsp3) is 0.400. The number of benzene rings is 1. The molecule has 0 fully saturated rings. The van der Waals surface area contributed by atoms with Crippen molar-refractivity contribution in [3.8, 4) is 0 Å². The second kappa shape index (κ2) is 5.54. The lowest BCUT2D eigenvalue weighted by Crippen LogP contribution is -2.38. The van der Waals surface area contributed by atoms with Crippen LogP contribution in [0.15, 0.2) is 23.8 Å². The van der Waals surface area contributed by atoms with Gasteiger partial charge in [0.2, 0.25) is 0 Å². The minimum atomic E-state index is -1.03. The van der Waals surface area contributed by atoms with E-state index in [1.165, 1.54) is 0 Å². The van der Waals surface area contributed by atoms with Crippen molar-refractivity contribution in [2.75, 3.05) is 18.6 Å². The zero-order valence-corrected chi connectivity index (χ0v) is 11.9. The molecular formula is C15H19NO4. The summed E-state index contributed by atoms with van der Waals surface area (Å²) < 4.78 is 4.88. The minimum absolute atomic E-state index is 0.0308. The van der Waals surface area contributed by atoms with Gasteiger partial charge in [-0.05, 0) is 25.5 Å². The molecule has 5 nitrogen and oxygen atoms in total. The Bertz CT molecular complexity index is 565. The average molecular weight is 277 g/mol. The molecule has 5 heteroatoms. The molecule has 20 heavy (non-hydrogen) atoms. The van der Waals surface area contributed by atoms with E-state index in [9.17, 15) is 15.0 Å². The number of fused-ring (bicyclic) bond motifs is 1. The second-order valence-electron chi connectivity index (χ2n) is 4.81. The number of rotatable bonds is 3. The van der Waals surface area contributed by atoms with E-state index in [4.69, 9.17) is 4.74 Å². The molecule has 0 aliphatic carbocycles. The molecule has 1 heterocycles. The van der Waals surface area contributed by atoms with Gasteiger partial charge in [0.15, 0.2) is 6.23 Å². The Labute approximate surface area is 118 Å². The Kier molecular flexibility index (Phi) is 3.99. The summed E-state index contributed by atoms with van der Waals surface area (Å²) >= 11 is 0. The summed E-state index contributed by atoms with van der Waals surface area (Å²) in [5.74, 6) is -0.490. The number of carbonyl (C=O) groups excluding carboxylic acids is 1. The molecule has 0 amide bonds. The monoisotopic (exact) mass is 277 g/mol. The van der Waals surface area contributed by atoms with E-state index in [1.54, 1.807) is 18.9 Å². The third-order valence-electron chi connectivity index (χ3n) is 3.49. The standard InChI is InChI=1S/C15H19NO4/c1-4-20-12(17)8-10-14(18)13-9(2)6-5-7-11(13)16(3)15(10)19/h5-7,15,18-19H,4,8H2,1-3H3. The summed E-state index contributed by atoms with van der Waals surface area (Å²) in [6.45, 7) is 3.87. The molecule has 0 bridgehead atoms. The smallest absolute Gasteiger partial charge is 0.310 e.